The van der Waals surface area contributed by atoms with Crippen molar-refractivity contribution in [2.24, 2.45) is 10.9 Å². The van der Waals surface area contributed by atoms with Crippen molar-refractivity contribution in [3.05, 3.63) is 29.8 Å². The van der Waals surface area contributed by atoms with Gasteiger partial charge in [-0.05, 0) is 57.5 Å². The second-order valence-corrected chi connectivity index (χ2v) is 6.90. The van der Waals surface area contributed by atoms with E-state index < -0.39 is 0 Å². The Morgan fingerprint density at radius 2 is 2.04 bits per heavy atom. The van der Waals surface area contributed by atoms with Crippen molar-refractivity contribution in [3.8, 4) is 5.75 Å². The largest absolute Gasteiger partial charge is 0.488 e. The Hall–Kier alpha value is -1.75. The Morgan fingerprint density at radius 1 is 1.25 bits per heavy atom. The summed E-state index contributed by atoms with van der Waals surface area (Å²) in [5.41, 5.74) is 1.30. The van der Waals surface area contributed by atoms with Crippen LogP contribution in [0, 0.1) is 5.92 Å². The minimum absolute atomic E-state index is 0.189. The van der Waals surface area contributed by atoms with Crippen LogP contribution in [0.5, 0.6) is 5.75 Å². The lowest BCUT2D eigenvalue weighted by Crippen LogP contribution is -2.42. The third kappa shape index (κ3) is 4.63. The molecule has 1 unspecified atom stereocenters. The van der Waals surface area contributed by atoms with Crippen LogP contribution in [-0.4, -0.2) is 56.7 Å². The van der Waals surface area contributed by atoms with Crippen LogP contribution in [0.1, 0.15) is 25.3 Å². The number of rotatable bonds is 5. The maximum atomic E-state index is 5.99. The second kappa shape index (κ2) is 8.38. The third-order valence-electron chi connectivity index (χ3n) is 4.90. The number of benzene rings is 1. The molecular weight excluding hydrogens is 300 g/mol. The summed E-state index contributed by atoms with van der Waals surface area (Å²) in [6.07, 6.45) is 3.66. The number of piperidine rings is 1. The molecule has 132 valence electrons. The first-order valence-electron chi connectivity index (χ1n) is 9.20. The molecule has 1 aromatic rings. The molecule has 1 aromatic carbocycles. The van der Waals surface area contributed by atoms with E-state index in [2.05, 4.69) is 47.7 Å². The number of ether oxygens (including phenoxy) is 1. The predicted octanol–water partition coefficient (Wildman–Crippen LogP) is 1.89. The highest BCUT2D eigenvalue weighted by molar-refractivity contribution is 5.79. The molecule has 0 aliphatic carbocycles. The van der Waals surface area contributed by atoms with Gasteiger partial charge in [0.25, 0.3) is 0 Å². The maximum Gasteiger partial charge on any atom is 0.191 e. The van der Waals surface area contributed by atoms with E-state index >= 15 is 0 Å². The average molecular weight is 330 g/mol. The lowest BCUT2D eigenvalue weighted by molar-refractivity contribution is 0.223. The quantitative estimate of drug-likeness (QED) is 0.639. The summed E-state index contributed by atoms with van der Waals surface area (Å²) in [7, 11) is 2.20. The molecule has 0 amide bonds. The second-order valence-electron chi connectivity index (χ2n) is 6.90. The Morgan fingerprint density at radius 3 is 2.79 bits per heavy atom. The van der Waals surface area contributed by atoms with Gasteiger partial charge in [-0.2, -0.15) is 0 Å². The molecule has 24 heavy (non-hydrogen) atoms. The van der Waals surface area contributed by atoms with Gasteiger partial charge in [0.15, 0.2) is 5.96 Å². The Balaban J connectivity index is 1.47. The van der Waals surface area contributed by atoms with Gasteiger partial charge in [-0.1, -0.05) is 18.2 Å². The molecule has 0 spiro atoms. The highest BCUT2D eigenvalue weighted by atomic mass is 16.5. The van der Waals surface area contributed by atoms with Crippen molar-refractivity contribution in [1.29, 1.82) is 0 Å². The number of fused-ring (bicyclic) bond motifs is 1. The lowest BCUT2D eigenvalue weighted by Gasteiger charge is -2.28. The molecule has 2 heterocycles. The lowest BCUT2D eigenvalue weighted by atomic mass is 9.97. The summed E-state index contributed by atoms with van der Waals surface area (Å²) < 4.78 is 5.99. The summed E-state index contributed by atoms with van der Waals surface area (Å²) in [5, 5.41) is 6.80. The summed E-state index contributed by atoms with van der Waals surface area (Å²) in [6.45, 7) is 7.07. The number of hydrogen-bond acceptors (Lipinski definition) is 3. The van der Waals surface area contributed by atoms with Gasteiger partial charge in [-0.3, -0.25) is 4.99 Å². The van der Waals surface area contributed by atoms with Gasteiger partial charge in [0, 0.05) is 19.5 Å². The fourth-order valence-electron chi connectivity index (χ4n) is 3.39. The minimum Gasteiger partial charge on any atom is -0.488 e. The minimum atomic E-state index is 0.189. The topological polar surface area (TPSA) is 48.9 Å². The van der Waals surface area contributed by atoms with E-state index in [1.54, 1.807) is 0 Å². The van der Waals surface area contributed by atoms with E-state index in [4.69, 9.17) is 9.73 Å². The van der Waals surface area contributed by atoms with Gasteiger partial charge in [-0.15, -0.1) is 0 Å². The molecule has 0 saturated carbocycles. The van der Waals surface area contributed by atoms with E-state index in [1.807, 2.05) is 6.07 Å². The fraction of sp³-hybridized carbons (Fsp3) is 0.632. The molecule has 1 saturated heterocycles. The van der Waals surface area contributed by atoms with Crippen molar-refractivity contribution < 1.29 is 4.74 Å². The number of guanidine groups is 1. The molecule has 0 radical (unpaired) electrons. The summed E-state index contributed by atoms with van der Waals surface area (Å²) in [4.78, 5) is 7.19. The molecule has 2 N–H and O–H groups in total. The molecule has 1 atom stereocenters. The van der Waals surface area contributed by atoms with E-state index in [0.717, 1.165) is 37.8 Å². The molecule has 5 heteroatoms. The molecule has 0 bridgehead atoms. The van der Waals surface area contributed by atoms with Crippen LogP contribution < -0.4 is 15.4 Å². The predicted molar refractivity (Wildman–Crippen MR) is 98.8 cm³/mol. The normalized spacial score (nSPS) is 22.1. The molecule has 5 nitrogen and oxygen atoms in total. The van der Waals surface area contributed by atoms with E-state index in [0.29, 0.717) is 5.92 Å². The van der Waals surface area contributed by atoms with Crippen LogP contribution in [0.4, 0.5) is 0 Å². The zero-order chi connectivity index (χ0) is 16.8. The monoisotopic (exact) mass is 330 g/mol. The smallest absolute Gasteiger partial charge is 0.191 e. The van der Waals surface area contributed by atoms with Crippen LogP contribution in [0.3, 0.4) is 0 Å². The van der Waals surface area contributed by atoms with Crippen molar-refractivity contribution >= 4 is 5.96 Å². The van der Waals surface area contributed by atoms with Gasteiger partial charge in [0.05, 0.1) is 6.54 Å². The van der Waals surface area contributed by atoms with Crippen LogP contribution in [0.2, 0.25) is 0 Å². The first-order chi connectivity index (χ1) is 11.7. The highest BCUT2D eigenvalue weighted by Crippen LogP contribution is 2.27. The average Bonchev–Trinajstić information content (AvgIpc) is 3.02. The first-order valence-corrected chi connectivity index (χ1v) is 9.20. The number of hydrogen-bond donors (Lipinski definition) is 2. The van der Waals surface area contributed by atoms with Gasteiger partial charge < -0.3 is 20.3 Å². The van der Waals surface area contributed by atoms with Crippen LogP contribution >= 0.6 is 0 Å². The SMILES string of the molecule is CCNC(=NCC1CCN(C)CC1)NCC1Cc2ccccc2O1. The number of nitrogens with one attached hydrogen (secondary N) is 2. The number of nitrogens with zero attached hydrogens (tertiary/aromatic N) is 2. The van der Waals surface area contributed by atoms with Gasteiger partial charge in [0.2, 0.25) is 0 Å². The van der Waals surface area contributed by atoms with Gasteiger partial charge >= 0.3 is 0 Å². The number of para-hydroxylation sites is 1. The molecule has 2 aliphatic heterocycles. The maximum absolute atomic E-state index is 5.99. The standard InChI is InChI=1S/C19H30N4O/c1-3-20-19(21-13-15-8-10-23(2)11-9-15)22-14-17-12-16-6-4-5-7-18(16)24-17/h4-7,15,17H,3,8-14H2,1-2H3,(H2,20,21,22). The number of aliphatic imine (C=N–C) groups is 1. The zero-order valence-electron chi connectivity index (χ0n) is 14.9. The fourth-order valence-corrected chi connectivity index (χ4v) is 3.39. The molecular formula is C19H30N4O. The van der Waals surface area contributed by atoms with E-state index in [-0.39, 0.29) is 6.10 Å². The van der Waals surface area contributed by atoms with E-state index in [9.17, 15) is 0 Å². The summed E-state index contributed by atoms with van der Waals surface area (Å²) in [6, 6.07) is 8.30. The summed E-state index contributed by atoms with van der Waals surface area (Å²) in [5.74, 6) is 2.65. The van der Waals surface area contributed by atoms with Crippen molar-refractivity contribution in [2.75, 3.05) is 39.8 Å². The Bertz CT molecular complexity index is 527. The van der Waals surface area contributed by atoms with Crippen LogP contribution in [0.25, 0.3) is 0 Å². The van der Waals surface area contributed by atoms with Gasteiger partial charge in [0.1, 0.15) is 11.9 Å². The first kappa shape index (κ1) is 17.1. The molecule has 0 aromatic heterocycles. The van der Waals surface area contributed by atoms with Crippen LogP contribution in [0.15, 0.2) is 29.3 Å². The third-order valence-corrected chi connectivity index (χ3v) is 4.90. The van der Waals surface area contributed by atoms with Crippen molar-refractivity contribution in [2.45, 2.75) is 32.3 Å². The zero-order valence-corrected chi connectivity index (χ0v) is 14.9. The molecule has 2 aliphatic rings. The van der Waals surface area contributed by atoms with E-state index in [1.165, 1.54) is 31.5 Å². The number of likely N-dealkylation sites (tertiary alicyclic amines) is 1. The van der Waals surface area contributed by atoms with Crippen molar-refractivity contribution in [3.63, 3.8) is 0 Å². The van der Waals surface area contributed by atoms with Crippen molar-refractivity contribution in [1.82, 2.24) is 15.5 Å². The van der Waals surface area contributed by atoms with Crippen LogP contribution in [-0.2, 0) is 6.42 Å². The molecule has 1 fully saturated rings. The summed E-state index contributed by atoms with van der Waals surface area (Å²) >= 11 is 0. The molecule has 3 rings (SSSR count). The Labute approximate surface area is 145 Å². The Kier molecular flexibility index (Phi) is 5.96. The highest BCUT2D eigenvalue weighted by Gasteiger charge is 2.22. The van der Waals surface area contributed by atoms with Gasteiger partial charge in [-0.25, -0.2) is 0 Å².